The first-order valence-electron chi connectivity index (χ1n) is 6.86. The van der Waals surface area contributed by atoms with Crippen molar-refractivity contribution in [1.82, 2.24) is 18.9 Å². The molecule has 0 spiro atoms. The average Bonchev–Trinajstić information content (AvgIpc) is 2.97. The van der Waals surface area contributed by atoms with Gasteiger partial charge in [-0.15, -0.1) is 10.2 Å². The monoisotopic (exact) mass is 360 g/mol. The number of aromatic amines is 1. The number of H-pyrrole nitrogens is 1. The molecule has 0 bridgehead atoms. The van der Waals surface area contributed by atoms with Crippen LogP contribution in [0.25, 0.3) is 0 Å². The number of nitrogens with one attached hydrogen (secondary N) is 1. The van der Waals surface area contributed by atoms with Crippen molar-refractivity contribution >= 4 is 34.6 Å². The van der Waals surface area contributed by atoms with Gasteiger partial charge in [-0.1, -0.05) is 30.3 Å². The Morgan fingerprint density at radius 2 is 2.08 bits per heavy atom. The zero-order valence-corrected chi connectivity index (χ0v) is 14.1. The van der Waals surface area contributed by atoms with Crippen LogP contribution in [0.1, 0.15) is 11.4 Å². The number of azo groups is 1. The van der Waals surface area contributed by atoms with Gasteiger partial charge in [-0.25, -0.2) is 4.98 Å². The summed E-state index contributed by atoms with van der Waals surface area (Å²) < 4.78 is 5.38. The van der Waals surface area contributed by atoms with Crippen molar-refractivity contribution in [2.24, 2.45) is 10.2 Å². The Balaban J connectivity index is 2.01. The van der Waals surface area contributed by atoms with Crippen LogP contribution in [-0.2, 0) is 6.54 Å². The molecule has 2 aromatic heterocycles. The van der Waals surface area contributed by atoms with Gasteiger partial charge in [0.15, 0.2) is 4.77 Å². The number of aromatic hydroxyl groups is 1. The predicted octanol–water partition coefficient (Wildman–Crippen LogP) is 3.24. The average molecular weight is 360 g/mol. The van der Waals surface area contributed by atoms with Gasteiger partial charge < -0.3 is 10.1 Å². The summed E-state index contributed by atoms with van der Waals surface area (Å²) in [5, 5.41) is 17.9. The van der Waals surface area contributed by atoms with Crippen LogP contribution in [0.4, 0.5) is 10.8 Å². The Kier molecular flexibility index (Phi) is 4.58. The second-order valence-corrected chi connectivity index (χ2v) is 5.95. The Morgan fingerprint density at radius 1 is 1.33 bits per heavy atom. The number of hydrogen-bond acceptors (Lipinski definition) is 8. The van der Waals surface area contributed by atoms with E-state index in [2.05, 4.69) is 24.6 Å². The zero-order chi connectivity index (χ0) is 17.1. The minimum atomic E-state index is -0.537. The molecule has 3 aromatic rings. The van der Waals surface area contributed by atoms with Gasteiger partial charge in [0.1, 0.15) is 5.82 Å². The number of benzene rings is 1. The smallest absolute Gasteiger partial charge is 0.286 e. The third kappa shape index (κ3) is 3.44. The van der Waals surface area contributed by atoms with Crippen molar-refractivity contribution in [3.63, 3.8) is 0 Å². The second kappa shape index (κ2) is 6.81. The van der Waals surface area contributed by atoms with Gasteiger partial charge in [0.2, 0.25) is 16.7 Å². The molecule has 3 rings (SSSR count). The lowest BCUT2D eigenvalue weighted by molar-refractivity contribution is 0.447. The summed E-state index contributed by atoms with van der Waals surface area (Å²) in [6.07, 6.45) is 0. The Bertz CT molecular complexity index is 1010. The molecular formula is C14H12N6O2S2. The van der Waals surface area contributed by atoms with Gasteiger partial charge in [0, 0.05) is 11.5 Å². The Labute approximate surface area is 145 Å². The van der Waals surface area contributed by atoms with Gasteiger partial charge in [0.25, 0.3) is 5.56 Å². The Hall–Kier alpha value is -2.72. The van der Waals surface area contributed by atoms with E-state index in [1.165, 1.54) is 4.57 Å². The van der Waals surface area contributed by atoms with Crippen molar-refractivity contribution in [3.05, 3.63) is 56.8 Å². The summed E-state index contributed by atoms with van der Waals surface area (Å²) >= 11 is 6.17. The molecule has 10 heteroatoms. The van der Waals surface area contributed by atoms with Crippen molar-refractivity contribution in [3.8, 4) is 5.88 Å². The maximum atomic E-state index is 12.6. The molecule has 0 saturated carbocycles. The molecule has 0 amide bonds. The predicted molar refractivity (Wildman–Crippen MR) is 91.9 cm³/mol. The molecule has 0 atom stereocenters. The molecule has 2 N–H and O–H groups in total. The van der Waals surface area contributed by atoms with Gasteiger partial charge in [0.05, 0.1) is 6.54 Å². The largest absolute Gasteiger partial charge is 0.493 e. The van der Waals surface area contributed by atoms with E-state index in [1.54, 1.807) is 6.92 Å². The van der Waals surface area contributed by atoms with E-state index in [0.717, 1.165) is 17.1 Å². The second-order valence-electron chi connectivity index (χ2n) is 4.83. The molecule has 8 nitrogen and oxygen atoms in total. The van der Waals surface area contributed by atoms with Crippen LogP contribution in [0.5, 0.6) is 5.88 Å². The highest BCUT2D eigenvalue weighted by Crippen LogP contribution is 2.23. The van der Waals surface area contributed by atoms with Gasteiger partial charge in [-0.3, -0.25) is 9.36 Å². The van der Waals surface area contributed by atoms with Crippen molar-refractivity contribution in [1.29, 1.82) is 0 Å². The number of rotatable bonds is 4. The van der Waals surface area contributed by atoms with Gasteiger partial charge in [-0.05, 0) is 24.7 Å². The van der Waals surface area contributed by atoms with Crippen LogP contribution >= 0.6 is 23.8 Å². The van der Waals surface area contributed by atoms with Crippen molar-refractivity contribution in [2.75, 3.05) is 0 Å². The fraction of sp³-hybridized carbons (Fsp3) is 0.143. The first-order valence-corrected chi connectivity index (χ1v) is 8.05. The standard InChI is InChI=1S/C14H12N6O2S2/c1-8-15-13(24-19-8)18-17-10-11(21)16-14(23)20(12(10)22)7-9-5-3-2-4-6-9/h2-6,21H,7H2,1H3,(H,16,23). The number of nitrogens with zero attached hydrogens (tertiary/aromatic N) is 5. The molecule has 24 heavy (non-hydrogen) atoms. The zero-order valence-electron chi connectivity index (χ0n) is 12.5. The van der Waals surface area contributed by atoms with E-state index in [0.29, 0.717) is 11.0 Å². The molecule has 0 fully saturated rings. The number of aromatic nitrogens is 4. The number of hydrogen-bond donors (Lipinski definition) is 2. The maximum Gasteiger partial charge on any atom is 0.286 e. The third-order valence-electron chi connectivity index (χ3n) is 3.08. The first-order chi connectivity index (χ1) is 11.5. The van der Waals surface area contributed by atoms with Crippen molar-refractivity contribution in [2.45, 2.75) is 13.5 Å². The van der Waals surface area contributed by atoms with Gasteiger partial charge in [-0.2, -0.15) is 4.37 Å². The van der Waals surface area contributed by atoms with E-state index in [1.807, 2.05) is 30.3 Å². The minimum absolute atomic E-state index is 0.104. The molecule has 0 aliphatic rings. The van der Waals surface area contributed by atoms with E-state index >= 15 is 0 Å². The fourth-order valence-electron chi connectivity index (χ4n) is 1.97. The highest BCUT2D eigenvalue weighted by atomic mass is 32.1. The van der Waals surface area contributed by atoms with E-state index in [4.69, 9.17) is 12.2 Å². The highest BCUT2D eigenvalue weighted by molar-refractivity contribution is 7.71. The fourth-order valence-corrected chi connectivity index (χ4v) is 2.72. The van der Waals surface area contributed by atoms with Crippen LogP contribution in [0, 0.1) is 11.7 Å². The molecule has 2 heterocycles. The summed E-state index contributed by atoms with van der Waals surface area (Å²) in [7, 11) is 0. The summed E-state index contributed by atoms with van der Waals surface area (Å²) in [5.41, 5.74) is 0.130. The molecular weight excluding hydrogens is 348 g/mol. The van der Waals surface area contributed by atoms with Crippen LogP contribution in [0.3, 0.4) is 0 Å². The molecule has 0 aliphatic heterocycles. The molecule has 1 aromatic carbocycles. The lowest BCUT2D eigenvalue weighted by Crippen LogP contribution is -2.22. The van der Waals surface area contributed by atoms with Crippen LogP contribution < -0.4 is 5.56 Å². The lowest BCUT2D eigenvalue weighted by atomic mass is 10.2. The topological polar surface area (TPSA) is 109 Å². The maximum absolute atomic E-state index is 12.6. The molecule has 0 unspecified atom stereocenters. The molecule has 0 saturated heterocycles. The quantitative estimate of drug-likeness (QED) is 0.548. The summed E-state index contributed by atoms with van der Waals surface area (Å²) in [6.45, 7) is 1.98. The lowest BCUT2D eigenvalue weighted by Gasteiger charge is -2.07. The van der Waals surface area contributed by atoms with E-state index < -0.39 is 11.4 Å². The summed E-state index contributed by atoms with van der Waals surface area (Å²) in [5.74, 6) is 0.131. The molecule has 0 aliphatic carbocycles. The van der Waals surface area contributed by atoms with Crippen LogP contribution in [0.15, 0.2) is 45.4 Å². The normalized spacial score (nSPS) is 11.2. The van der Waals surface area contributed by atoms with Crippen LogP contribution in [0.2, 0.25) is 0 Å². The van der Waals surface area contributed by atoms with E-state index in [9.17, 15) is 9.90 Å². The van der Waals surface area contributed by atoms with Crippen LogP contribution in [-0.4, -0.2) is 24.0 Å². The van der Waals surface area contributed by atoms with Crippen molar-refractivity contribution < 1.29 is 5.11 Å². The molecule has 122 valence electrons. The summed E-state index contributed by atoms with van der Waals surface area (Å²) in [4.78, 5) is 19.1. The molecule has 0 radical (unpaired) electrons. The Morgan fingerprint density at radius 3 is 2.75 bits per heavy atom. The SMILES string of the molecule is Cc1nsc(N=Nc2c(O)[nH]c(=S)n(Cc3ccccc3)c2=O)n1. The third-order valence-corrected chi connectivity index (χ3v) is 4.09. The van der Waals surface area contributed by atoms with E-state index in [-0.39, 0.29) is 17.0 Å². The summed E-state index contributed by atoms with van der Waals surface area (Å²) in [6, 6.07) is 9.37. The minimum Gasteiger partial charge on any atom is -0.493 e. The highest BCUT2D eigenvalue weighted by Gasteiger charge is 2.12. The van der Waals surface area contributed by atoms with Gasteiger partial charge >= 0.3 is 0 Å². The number of aryl methyl sites for hydroxylation is 1. The first kappa shape index (κ1) is 16.1.